The maximum atomic E-state index is 12.6. The van der Waals surface area contributed by atoms with E-state index in [1.165, 1.54) is 4.31 Å². The van der Waals surface area contributed by atoms with E-state index in [-0.39, 0.29) is 17.2 Å². The van der Waals surface area contributed by atoms with E-state index in [4.69, 9.17) is 0 Å². The number of likely N-dealkylation sites (N-methyl/N-ethyl adjacent to an activating group) is 1. The second-order valence-corrected chi connectivity index (χ2v) is 10.4. The van der Waals surface area contributed by atoms with Crippen LogP contribution < -0.4 is 4.72 Å². The first-order chi connectivity index (χ1) is 11.5. The number of rotatable bonds is 6. The molecule has 25 heavy (non-hydrogen) atoms. The molecule has 1 saturated heterocycles. The summed E-state index contributed by atoms with van der Waals surface area (Å²) in [5.41, 5.74) is 2.31. The first-order valence-electron chi connectivity index (χ1n) is 8.27. The smallest absolute Gasteiger partial charge is 0.241 e. The summed E-state index contributed by atoms with van der Waals surface area (Å²) in [6, 6.07) is 3.62. The summed E-state index contributed by atoms with van der Waals surface area (Å²) in [7, 11) is -5.25. The number of aryl methyl sites for hydroxylation is 3. The van der Waals surface area contributed by atoms with Gasteiger partial charge in [-0.25, -0.2) is 21.6 Å². The summed E-state index contributed by atoms with van der Waals surface area (Å²) in [5, 5.41) is 0. The second-order valence-electron chi connectivity index (χ2n) is 6.64. The van der Waals surface area contributed by atoms with Crippen LogP contribution in [0, 0.1) is 20.8 Å². The standard InChI is InChI=1S/C16H27N3O4S2/c1-13-11-14(2)16(15(3)12-13)25(22,23)17-5-10-24(20,21)19-8-6-18(4)7-9-19/h11-12,17H,5-10H2,1-4H3. The van der Waals surface area contributed by atoms with Crippen LogP contribution in [0.4, 0.5) is 0 Å². The minimum Gasteiger partial charge on any atom is -0.304 e. The average Bonchev–Trinajstić information content (AvgIpc) is 2.45. The molecule has 0 spiro atoms. The van der Waals surface area contributed by atoms with E-state index in [1.54, 1.807) is 13.8 Å². The Morgan fingerprint density at radius 2 is 1.48 bits per heavy atom. The van der Waals surface area contributed by atoms with Crippen molar-refractivity contribution in [3.8, 4) is 0 Å². The minimum absolute atomic E-state index is 0.135. The molecular formula is C16H27N3O4S2. The molecule has 1 aliphatic rings. The van der Waals surface area contributed by atoms with E-state index < -0.39 is 20.0 Å². The van der Waals surface area contributed by atoms with Gasteiger partial charge in [0.25, 0.3) is 0 Å². The molecule has 0 atom stereocenters. The van der Waals surface area contributed by atoms with Crippen molar-refractivity contribution < 1.29 is 16.8 Å². The van der Waals surface area contributed by atoms with Gasteiger partial charge in [-0.05, 0) is 38.9 Å². The third-order valence-electron chi connectivity index (χ3n) is 4.38. The van der Waals surface area contributed by atoms with Crippen molar-refractivity contribution in [3.05, 3.63) is 28.8 Å². The average molecular weight is 390 g/mol. The number of hydrogen-bond donors (Lipinski definition) is 1. The maximum Gasteiger partial charge on any atom is 0.241 e. The van der Waals surface area contributed by atoms with Gasteiger partial charge in [0.05, 0.1) is 10.6 Å². The summed E-state index contributed by atoms with van der Waals surface area (Å²) < 4.78 is 53.7. The molecule has 1 N–H and O–H groups in total. The molecular weight excluding hydrogens is 362 g/mol. The molecule has 1 fully saturated rings. The maximum absolute atomic E-state index is 12.6. The van der Waals surface area contributed by atoms with Gasteiger partial charge in [0.1, 0.15) is 0 Å². The Bertz CT molecular complexity index is 804. The summed E-state index contributed by atoms with van der Waals surface area (Å²) in [5.74, 6) is -0.236. The Hall–Kier alpha value is -1.00. The lowest BCUT2D eigenvalue weighted by molar-refractivity contribution is 0.222. The van der Waals surface area contributed by atoms with Crippen LogP contribution in [0.3, 0.4) is 0 Å². The Balaban J connectivity index is 2.03. The van der Waals surface area contributed by atoms with Crippen LogP contribution in [0.2, 0.25) is 0 Å². The minimum atomic E-state index is -3.74. The fraction of sp³-hybridized carbons (Fsp3) is 0.625. The fourth-order valence-corrected chi connectivity index (χ4v) is 6.11. The molecule has 0 unspecified atom stereocenters. The third kappa shape index (κ3) is 5.01. The Kier molecular flexibility index (Phi) is 6.26. The topological polar surface area (TPSA) is 86.8 Å². The zero-order valence-electron chi connectivity index (χ0n) is 15.2. The fourth-order valence-electron chi connectivity index (χ4n) is 3.16. The first kappa shape index (κ1) is 20.3. The second kappa shape index (κ2) is 7.71. The summed E-state index contributed by atoms with van der Waals surface area (Å²) in [6.45, 7) is 7.53. The molecule has 0 aliphatic carbocycles. The van der Waals surface area contributed by atoms with E-state index in [0.29, 0.717) is 37.3 Å². The van der Waals surface area contributed by atoms with Gasteiger partial charge in [-0.2, -0.15) is 4.31 Å². The molecule has 1 aliphatic heterocycles. The molecule has 7 nitrogen and oxygen atoms in total. The molecule has 2 rings (SSSR count). The summed E-state index contributed by atoms with van der Waals surface area (Å²) in [4.78, 5) is 2.30. The number of nitrogens with zero attached hydrogens (tertiary/aromatic N) is 2. The molecule has 0 saturated carbocycles. The van der Waals surface area contributed by atoms with Gasteiger partial charge in [0.15, 0.2) is 0 Å². The number of nitrogens with one attached hydrogen (secondary N) is 1. The van der Waals surface area contributed by atoms with E-state index in [0.717, 1.165) is 5.56 Å². The van der Waals surface area contributed by atoms with Gasteiger partial charge in [-0.1, -0.05) is 17.7 Å². The zero-order valence-corrected chi connectivity index (χ0v) is 16.9. The molecule has 0 aromatic heterocycles. The highest BCUT2D eigenvalue weighted by Crippen LogP contribution is 2.21. The van der Waals surface area contributed by atoms with Crippen molar-refractivity contribution in [3.63, 3.8) is 0 Å². The van der Waals surface area contributed by atoms with Crippen LogP contribution in [0.25, 0.3) is 0 Å². The van der Waals surface area contributed by atoms with Crippen LogP contribution >= 0.6 is 0 Å². The van der Waals surface area contributed by atoms with Crippen molar-refractivity contribution in [2.75, 3.05) is 45.5 Å². The number of hydrogen-bond acceptors (Lipinski definition) is 5. The monoisotopic (exact) mass is 389 g/mol. The molecule has 142 valence electrons. The van der Waals surface area contributed by atoms with E-state index in [9.17, 15) is 16.8 Å². The summed E-state index contributed by atoms with van der Waals surface area (Å²) >= 11 is 0. The molecule has 0 radical (unpaired) electrons. The molecule has 1 heterocycles. The van der Waals surface area contributed by atoms with Crippen LogP contribution in [-0.4, -0.2) is 71.6 Å². The van der Waals surface area contributed by atoms with Gasteiger partial charge < -0.3 is 4.90 Å². The number of benzene rings is 1. The van der Waals surface area contributed by atoms with Gasteiger partial charge in [-0.3, -0.25) is 0 Å². The van der Waals surface area contributed by atoms with Gasteiger partial charge in [0.2, 0.25) is 20.0 Å². The Morgan fingerprint density at radius 1 is 0.960 bits per heavy atom. The van der Waals surface area contributed by atoms with Crippen LogP contribution in [0.5, 0.6) is 0 Å². The molecule has 0 bridgehead atoms. The lowest BCUT2D eigenvalue weighted by atomic mass is 10.1. The highest BCUT2D eigenvalue weighted by molar-refractivity contribution is 7.90. The zero-order chi connectivity index (χ0) is 18.8. The highest BCUT2D eigenvalue weighted by atomic mass is 32.2. The van der Waals surface area contributed by atoms with Crippen molar-refractivity contribution in [2.24, 2.45) is 0 Å². The van der Waals surface area contributed by atoms with E-state index in [1.807, 2.05) is 26.1 Å². The van der Waals surface area contributed by atoms with Crippen LogP contribution in [0.1, 0.15) is 16.7 Å². The lowest BCUT2D eigenvalue weighted by Gasteiger charge is -2.31. The van der Waals surface area contributed by atoms with Crippen molar-refractivity contribution in [1.29, 1.82) is 0 Å². The predicted molar refractivity (Wildman–Crippen MR) is 98.7 cm³/mol. The number of sulfonamides is 2. The van der Waals surface area contributed by atoms with Crippen molar-refractivity contribution in [2.45, 2.75) is 25.7 Å². The summed E-state index contributed by atoms with van der Waals surface area (Å²) in [6.07, 6.45) is 0. The Morgan fingerprint density at radius 3 is 2.00 bits per heavy atom. The Labute approximate surface area is 151 Å². The quantitative estimate of drug-likeness (QED) is 0.764. The molecule has 1 aromatic rings. The van der Waals surface area contributed by atoms with Crippen molar-refractivity contribution in [1.82, 2.24) is 13.9 Å². The largest absolute Gasteiger partial charge is 0.304 e. The number of piperazine rings is 1. The normalized spacial score (nSPS) is 17.8. The van der Waals surface area contributed by atoms with E-state index >= 15 is 0 Å². The predicted octanol–water partition coefficient (Wildman–Crippen LogP) is 0.467. The van der Waals surface area contributed by atoms with Crippen LogP contribution in [-0.2, 0) is 20.0 Å². The highest BCUT2D eigenvalue weighted by Gasteiger charge is 2.26. The lowest BCUT2D eigenvalue weighted by Crippen LogP contribution is -2.48. The SMILES string of the molecule is Cc1cc(C)c(S(=O)(=O)NCCS(=O)(=O)N2CCN(C)CC2)c(C)c1. The molecule has 1 aromatic carbocycles. The van der Waals surface area contributed by atoms with Crippen molar-refractivity contribution >= 4 is 20.0 Å². The third-order valence-corrected chi connectivity index (χ3v) is 8.02. The van der Waals surface area contributed by atoms with Crippen LogP contribution in [0.15, 0.2) is 17.0 Å². The van der Waals surface area contributed by atoms with Gasteiger partial charge in [0, 0.05) is 32.7 Å². The molecule has 0 amide bonds. The molecule has 9 heteroatoms. The first-order valence-corrected chi connectivity index (χ1v) is 11.4. The van der Waals surface area contributed by atoms with E-state index in [2.05, 4.69) is 9.62 Å². The van der Waals surface area contributed by atoms with Gasteiger partial charge >= 0.3 is 0 Å². The van der Waals surface area contributed by atoms with Gasteiger partial charge in [-0.15, -0.1) is 0 Å².